The molecule has 300 valence electrons. The first-order valence-corrected chi connectivity index (χ1v) is 16.8. The predicted molar refractivity (Wildman–Crippen MR) is 173 cm³/mol. The minimum atomic E-state index is -1.55. The first-order chi connectivity index (χ1) is 24.1. The highest BCUT2D eigenvalue weighted by Gasteiger charge is 2.48. The van der Waals surface area contributed by atoms with Gasteiger partial charge in [0.05, 0.1) is 37.9 Å². The summed E-state index contributed by atoms with van der Waals surface area (Å²) in [5.41, 5.74) is 0. The molecule has 2 amide bonds. The molecule has 0 aliphatic carbocycles. The van der Waals surface area contributed by atoms with E-state index in [9.17, 15) is 69.6 Å². The van der Waals surface area contributed by atoms with Crippen molar-refractivity contribution in [2.75, 3.05) is 13.2 Å². The fourth-order valence-electron chi connectivity index (χ4n) is 5.58. The Morgan fingerprint density at radius 1 is 0.596 bits per heavy atom. The Hall–Kier alpha value is -3.50. The van der Waals surface area contributed by atoms with Crippen molar-refractivity contribution >= 4 is 35.7 Å². The molecule has 0 aromatic heterocycles. The molecule has 2 aliphatic rings. The van der Waals surface area contributed by atoms with Crippen LogP contribution in [-0.2, 0) is 47.7 Å². The highest BCUT2D eigenvalue weighted by Crippen LogP contribution is 2.26. The summed E-state index contributed by atoms with van der Waals surface area (Å²) >= 11 is 0. The van der Waals surface area contributed by atoms with Crippen LogP contribution in [-0.4, -0.2) is 151 Å². The van der Waals surface area contributed by atoms with Crippen molar-refractivity contribution in [2.24, 2.45) is 23.7 Å². The van der Waals surface area contributed by atoms with Gasteiger partial charge in [0.15, 0.2) is 0 Å². The van der Waals surface area contributed by atoms with Gasteiger partial charge in [0, 0.05) is 13.8 Å². The lowest BCUT2D eigenvalue weighted by Crippen LogP contribution is -2.64. The number of hydrogen-bond donors (Lipinski definition) is 10. The number of nitrogens with one attached hydrogen (secondary N) is 2. The highest BCUT2D eigenvalue weighted by molar-refractivity contribution is 5.79. The van der Waals surface area contributed by atoms with Gasteiger partial charge in [-0.15, -0.1) is 0 Å². The average molecular weight is 755 g/mol. The van der Waals surface area contributed by atoms with Gasteiger partial charge in [-0.1, -0.05) is 27.7 Å². The molecular weight excluding hydrogens is 700 g/mol. The van der Waals surface area contributed by atoms with Gasteiger partial charge in [-0.3, -0.25) is 28.8 Å². The quantitative estimate of drug-likeness (QED) is 0.0713. The lowest BCUT2D eigenvalue weighted by Gasteiger charge is -2.41. The predicted octanol–water partition coefficient (Wildman–Crippen LogP) is -2.78. The number of amides is 2. The van der Waals surface area contributed by atoms with Gasteiger partial charge < -0.3 is 70.4 Å². The van der Waals surface area contributed by atoms with E-state index in [0.29, 0.717) is 0 Å². The molecule has 0 spiro atoms. The van der Waals surface area contributed by atoms with Crippen molar-refractivity contribution in [1.82, 2.24) is 10.6 Å². The van der Waals surface area contributed by atoms with E-state index >= 15 is 0 Å². The van der Waals surface area contributed by atoms with Gasteiger partial charge in [0.25, 0.3) is 0 Å². The summed E-state index contributed by atoms with van der Waals surface area (Å²) in [6.45, 7) is 8.32. The van der Waals surface area contributed by atoms with E-state index in [1.54, 1.807) is 0 Å². The van der Waals surface area contributed by atoms with Crippen LogP contribution in [0.15, 0.2) is 0 Å². The Morgan fingerprint density at radius 2 is 0.904 bits per heavy atom. The first kappa shape index (κ1) is 46.5. The summed E-state index contributed by atoms with van der Waals surface area (Å²) in [6, 6.07) is -2.52. The molecule has 52 heavy (non-hydrogen) atoms. The van der Waals surface area contributed by atoms with Crippen molar-refractivity contribution in [3.8, 4) is 0 Å². The Bertz CT molecular complexity index is 1110. The summed E-state index contributed by atoms with van der Waals surface area (Å²) in [5.74, 6) is -6.96. The molecule has 0 unspecified atom stereocenters. The lowest BCUT2D eigenvalue weighted by molar-refractivity contribution is -0.264. The van der Waals surface area contributed by atoms with Crippen molar-refractivity contribution in [3.63, 3.8) is 0 Å². The van der Waals surface area contributed by atoms with Gasteiger partial charge in [-0.05, 0) is 24.7 Å². The molecule has 20 heteroatoms. The zero-order valence-corrected chi connectivity index (χ0v) is 30.0. The molecule has 2 saturated heterocycles. The van der Waals surface area contributed by atoms with Crippen molar-refractivity contribution < 1.29 is 88.6 Å². The van der Waals surface area contributed by atoms with E-state index in [-0.39, 0.29) is 24.7 Å². The number of esters is 2. The third-order valence-corrected chi connectivity index (χ3v) is 8.03. The highest BCUT2D eigenvalue weighted by atomic mass is 16.7. The van der Waals surface area contributed by atoms with Gasteiger partial charge in [-0.2, -0.15) is 0 Å². The summed E-state index contributed by atoms with van der Waals surface area (Å²) in [4.78, 5) is 69.4. The van der Waals surface area contributed by atoms with Gasteiger partial charge in [0.2, 0.25) is 24.4 Å². The molecule has 2 heterocycles. The third kappa shape index (κ3) is 14.9. The van der Waals surface area contributed by atoms with Crippen molar-refractivity contribution in [3.05, 3.63) is 0 Å². The zero-order valence-electron chi connectivity index (χ0n) is 30.0. The van der Waals surface area contributed by atoms with Crippen LogP contribution in [0.25, 0.3) is 0 Å². The number of carbonyl (C=O) groups is 6. The molecule has 0 saturated carbocycles. The Balaban J connectivity index is 0.000000520. The monoisotopic (exact) mass is 754 g/mol. The standard InChI is InChI=1S/2C16H27NO9/c2*1-7(2)4-9(15(23)24)5-11(20)26-16-12(17-8(3)19)14(22)13(21)10(6-18)25-16/h2*7,9-10,12-14,16,18,21-22H,4-6H2,1-3H3,(H,17,19)(H,23,24)/t9-,10-,12-,13-,14-,16+;9-,10-,12-,13-,14-,16-/m11/s1. The maximum Gasteiger partial charge on any atom is 0.309 e. The minimum absolute atomic E-state index is 0.0534. The summed E-state index contributed by atoms with van der Waals surface area (Å²) in [5, 5.41) is 81.5. The van der Waals surface area contributed by atoms with Crippen LogP contribution >= 0.6 is 0 Å². The Labute approximate surface area is 300 Å². The molecule has 0 aromatic carbocycles. The smallest absolute Gasteiger partial charge is 0.309 e. The molecule has 10 N–H and O–H groups in total. The van der Waals surface area contributed by atoms with E-state index in [0.717, 1.165) is 0 Å². The third-order valence-electron chi connectivity index (χ3n) is 8.03. The van der Waals surface area contributed by atoms with E-state index in [4.69, 9.17) is 18.9 Å². The van der Waals surface area contributed by atoms with Gasteiger partial charge >= 0.3 is 23.9 Å². The number of carboxylic acids is 2. The second-order valence-corrected chi connectivity index (χ2v) is 13.6. The van der Waals surface area contributed by atoms with Crippen LogP contribution in [0, 0.1) is 23.7 Å². The second kappa shape index (κ2) is 21.9. The number of carbonyl (C=O) groups excluding carboxylic acids is 4. The molecular formula is C32H54N2O18. The van der Waals surface area contributed by atoms with Crippen LogP contribution in [0.3, 0.4) is 0 Å². The number of carboxylic acid groups (broad SMARTS) is 2. The van der Waals surface area contributed by atoms with E-state index in [2.05, 4.69) is 10.6 Å². The fourth-order valence-corrected chi connectivity index (χ4v) is 5.58. The topological polar surface area (TPSA) is 325 Å². The van der Waals surface area contributed by atoms with Crippen LogP contribution in [0.4, 0.5) is 0 Å². The molecule has 0 radical (unpaired) electrons. The summed E-state index contributed by atoms with van der Waals surface area (Å²) in [7, 11) is 0. The molecule has 20 nitrogen and oxygen atoms in total. The number of aliphatic hydroxyl groups is 6. The molecule has 2 rings (SSSR count). The van der Waals surface area contributed by atoms with Crippen molar-refractivity contribution in [2.45, 2.75) is 129 Å². The molecule has 2 aliphatic heterocycles. The first-order valence-electron chi connectivity index (χ1n) is 16.8. The van der Waals surface area contributed by atoms with Crippen molar-refractivity contribution in [1.29, 1.82) is 0 Å². The van der Waals surface area contributed by atoms with E-state index in [1.165, 1.54) is 13.8 Å². The van der Waals surface area contributed by atoms with E-state index < -0.39 is 135 Å². The maximum absolute atomic E-state index is 12.1. The summed E-state index contributed by atoms with van der Waals surface area (Å²) < 4.78 is 20.7. The molecule has 12 atom stereocenters. The van der Waals surface area contributed by atoms with Crippen LogP contribution in [0.5, 0.6) is 0 Å². The minimum Gasteiger partial charge on any atom is -0.481 e. The van der Waals surface area contributed by atoms with Gasteiger partial charge in [-0.25, -0.2) is 0 Å². The second-order valence-electron chi connectivity index (χ2n) is 13.6. The number of ether oxygens (including phenoxy) is 4. The number of rotatable bonds is 16. The van der Waals surface area contributed by atoms with E-state index in [1.807, 2.05) is 27.7 Å². The zero-order chi connectivity index (χ0) is 40.0. The van der Waals surface area contributed by atoms with Crippen LogP contribution in [0.1, 0.15) is 67.2 Å². The Morgan fingerprint density at radius 3 is 1.13 bits per heavy atom. The molecule has 0 aromatic rings. The normalized spacial score (nSPS) is 29.9. The fraction of sp³-hybridized carbons (Fsp3) is 0.812. The van der Waals surface area contributed by atoms with Gasteiger partial charge in [0.1, 0.15) is 48.7 Å². The number of hydrogen-bond acceptors (Lipinski definition) is 16. The molecule has 2 fully saturated rings. The lowest BCUT2D eigenvalue weighted by atomic mass is 9.94. The maximum atomic E-state index is 12.1. The SMILES string of the molecule is CC(=O)N[C@H]1[C@@H](OC(=O)C[C@@H](CC(C)C)C(=O)O)O[C@H](CO)[C@@H](O)[C@@H]1O.CC(=O)N[C@H]1[C@H](OC(=O)C[C@@H](CC(C)C)C(=O)O)O[C@H](CO)[C@@H](O)[C@@H]1O. The summed E-state index contributed by atoms with van der Waals surface area (Å²) in [6.07, 6.45) is -11.8. The average Bonchev–Trinajstić information content (AvgIpc) is 3.03. The van der Waals surface area contributed by atoms with Crippen LogP contribution in [0.2, 0.25) is 0 Å². The largest absolute Gasteiger partial charge is 0.481 e. The Kier molecular flexibility index (Phi) is 19.6. The number of aliphatic carboxylic acids is 2. The molecule has 0 bridgehead atoms. The van der Waals surface area contributed by atoms with Crippen LogP contribution < -0.4 is 10.6 Å². The number of aliphatic hydroxyl groups excluding tert-OH is 6.